The van der Waals surface area contributed by atoms with Gasteiger partial charge in [-0.15, -0.1) is 0 Å². The van der Waals surface area contributed by atoms with Crippen molar-refractivity contribution in [1.29, 1.82) is 0 Å². The second-order valence-electron chi connectivity index (χ2n) is 4.10. The van der Waals surface area contributed by atoms with Gasteiger partial charge >= 0.3 is 18.2 Å². The summed E-state index contributed by atoms with van der Waals surface area (Å²) in [4.78, 5) is 22.1. The van der Waals surface area contributed by atoms with Crippen LogP contribution in [0.2, 0.25) is 0 Å². The highest BCUT2D eigenvalue weighted by atomic mass is 19.4. The Kier molecular flexibility index (Phi) is 5.39. The van der Waals surface area contributed by atoms with E-state index < -0.39 is 30.9 Å². The number of phenols is 1. The van der Waals surface area contributed by atoms with Crippen LogP contribution in [0.5, 0.6) is 5.75 Å². The van der Waals surface area contributed by atoms with E-state index in [-0.39, 0.29) is 12.2 Å². The summed E-state index contributed by atoms with van der Waals surface area (Å²) >= 11 is 0. The average molecular weight is 307 g/mol. The average Bonchev–Trinajstić information content (AvgIpc) is 2.37. The molecule has 1 amide bonds. The first-order valence-electron chi connectivity index (χ1n) is 5.68. The van der Waals surface area contributed by atoms with Crippen LogP contribution < -0.4 is 5.32 Å². The number of halogens is 3. The standard InChI is InChI=1S/C12H12F3NO5/c13-12(14,15)6-21-11(20)16-9(10(18)19)5-7-1-3-8(17)4-2-7/h1-4,9,17H,5-6H2,(H,16,20)(H,18,19)/t9-/m1/s1. The molecule has 1 rings (SSSR count). The van der Waals surface area contributed by atoms with Crippen LogP contribution >= 0.6 is 0 Å². The van der Waals surface area contributed by atoms with Crippen LogP contribution in [0.4, 0.5) is 18.0 Å². The number of nitrogens with one attached hydrogen (secondary N) is 1. The Morgan fingerprint density at radius 1 is 1.24 bits per heavy atom. The molecule has 21 heavy (non-hydrogen) atoms. The van der Waals surface area contributed by atoms with Crippen molar-refractivity contribution in [3.63, 3.8) is 0 Å². The molecule has 0 bridgehead atoms. The van der Waals surface area contributed by atoms with Crippen LogP contribution in [0, 0.1) is 0 Å². The van der Waals surface area contributed by atoms with Gasteiger partial charge in [0, 0.05) is 6.42 Å². The Hall–Kier alpha value is -2.45. The number of carboxylic acids is 1. The molecule has 0 aliphatic heterocycles. The summed E-state index contributed by atoms with van der Waals surface area (Å²) in [5.74, 6) is -1.45. The zero-order valence-corrected chi connectivity index (χ0v) is 10.6. The summed E-state index contributed by atoms with van der Waals surface area (Å²) in [6, 6.07) is 4.03. The van der Waals surface area contributed by atoms with Crippen LogP contribution in [0.3, 0.4) is 0 Å². The van der Waals surface area contributed by atoms with E-state index in [4.69, 9.17) is 10.2 Å². The number of phenolic OH excluding ortho intramolecular Hbond substituents is 1. The Bertz CT molecular complexity index is 501. The lowest BCUT2D eigenvalue weighted by Crippen LogP contribution is -2.43. The lowest BCUT2D eigenvalue weighted by Gasteiger charge is -2.15. The number of carbonyl (C=O) groups excluding carboxylic acids is 1. The number of amides is 1. The third kappa shape index (κ3) is 6.50. The normalized spacial score (nSPS) is 12.5. The molecule has 1 aromatic carbocycles. The molecule has 0 radical (unpaired) electrons. The van der Waals surface area contributed by atoms with Crippen LogP contribution in [-0.2, 0) is 16.0 Å². The van der Waals surface area contributed by atoms with E-state index in [1.54, 1.807) is 0 Å². The summed E-state index contributed by atoms with van der Waals surface area (Å²) in [6.07, 6.45) is -6.33. The van der Waals surface area contributed by atoms with Crippen molar-refractivity contribution in [3.05, 3.63) is 29.8 Å². The monoisotopic (exact) mass is 307 g/mol. The summed E-state index contributed by atoms with van der Waals surface area (Å²) in [5.41, 5.74) is 0.469. The van der Waals surface area contributed by atoms with Crippen molar-refractivity contribution in [3.8, 4) is 5.75 Å². The van der Waals surface area contributed by atoms with Crippen molar-refractivity contribution < 1.29 is 37.7 Å². The molecule has 0 heterocycles. The highest BCUT2D eigenvalue weighted by molar-refractivity contribution is 5.80. The predicted molar refractivity (Wildman–Crippen MR) is 63.8 cm³/mol. The lowest BCUT2D eigenvalue weighted by atomic mass is 10.1. The van der Waals surface area contributed by atoms with E-state index in [0.717, 1.165) is 0 Å². The molecule has 0 aliphatic carbocycles. The molecule has 0 saturated carbocycles. The van der Waals surface area contributed by atoms with Gasteiger partial charge in [0.15, 0.2) is 6.61 Å². The largest absolute Gasteiger partial charge is 0.508 e. The second-order valence-corrected chi connectivity index (χ2v) is 4.10. The van der Waals surface area contributed by atoms with E-state index >= 15 is 0 Å². The van der Waals surface area contributed by atoms with Crippen molar-refractivity contribution in [2.75, 3.05) is 6.61 Å². The number of carboxylic acid groups (broad SMARTS) is 1. The van der Waals surface area contributed by atoms with Crippen molar-refractivity contribution in [2.24, 2.45) is 0 Å². The Labute approximate surface area is 117 Å². The number of aliphatic carboxylic acids is 1. The molecule has 1 aromatic rings. The van der Waals surface area contributed by atoms with E-state index in [2.05, 4.69) is 4.74 Å². The number of carbonyl (C=O) groups is 2. The second kappa shape index (κ2) is 6.82. The number of rotatable bonds is 5. The Balaban J connectivity index is 2.59. The van der Waals surface area contributed by atoms with E-state index in [0.29, 0.717) is 5.56 Å². The Morgan fingerprint density at radius 3 is 2.29 bits per heavy atom. The van der Waals surface area contributed by atoms with Gasteiger partial charge in [-0.25, -0.2) is 9.59 Å². The molecule has 0 fully saturated rings. The quantitative estimate of drug-likeness (QED) is 0.769. The van der Waals surface area contributed by atoms with Crippen molar-refractivity contribution >= 4 is 12.1 Å². The van der Waals surface area contributed by atoms with Crippen molar-refractivity contribution in [1.82, 2.24) is 5.32 Å². The fourth-order valence-electron chi connectivity index (χ4n) is 1.40. The highest BCUT2D eigenvalue weighted by Gasteiger charge is 2.30. The molecule has 116 valence electrons. The van der Waals surface area contributed by atoms with Gasteiger partial charge < -0.3 is 20.3 Å². The first-order valence-corrected chi connectivity index (χ1v) is 5.68. The van der Waals surface area contributed by atoms with Crippen LogP contribution in [0.25, 0.3) is 0 Å². The first-order chi connectivity index (χ1) is 9.67. The zero-order chi connectivity index (χ0) is 16.0. The number of ether oxygens (including phenoxy) is 1. The van der Waals surface area contributed by atoms with Crippen LogP contribution in [-0.4, -0.2) is 41.1 Å². The van der Waals surface area contributed by atoms with Gasteiger partial charge in [0.05, 0.1) is 0 Å². The van der Waals surface area contributed by atoms with Crippen LogP contribution in [0.15, 0.2) is 24.3 Å². The molecule has 0 aliphatic rings. The molecule has 0 saturated heterocycles. The maximum atomic E-state index is 11.9. The lowest BCUT2D eigenvalue weighted by molar-refractivity contribution is -0.160. The summed E-state index contributed by atoms with van der Waals surface area (Å²) < 4.78 is 39.4. The van der Waals surface area contributed by atoms with E-state index in [1.165, 1.54) is 24.3 Å². The molecular formula is C12H12F3NO5. The zero-order valence-electron chi connectivity index (χ0n) is 10.6. The van der Waals surface area contributed by atoms with Crippen LogP contribution in [0.1, 0.15) is 5.56 Å². The molecule has 9 heteroatoms. The fraction of sp³-hybridized carbons (Fsp3) is 0.333. The summed E-state index contributed by atoms with van der Waals surface area (Å²) in [6.45, 7) is -1.80. The Morgan fingerprint density at radius 2 is 1.81 bits per heavy atom. The molecule has 6 nitrogen and oxygen atoms in total. The number of benzene rings is 1. The van der Waals surface area contributed by atoms with Crippen molar-refractivity contribution in [2.45, 2.75) is 18.6 Å². The van der Waals surface area contributed by atoms with Gasteiger partial charge in [-0.2, -0.15) is 13.2 Å². The number of hydrogen-bond donors (Lipinski definition) is 3. The molecule has 1 atom stereocenters. The van der Waals surface area contributed by atoms with E-state index in [1.807, 2.05) is 5.32 Å². The molecule has 0 unspecified atom stereocenters. The van der Waals surface area contributed by atoms with Gasteiger partial charge in [0.25, 0.3) is 0 Å². The van der Waals surface area contributed by atoms with Gasteiger partial charge in [0.1, 0.15) is 11.8 Å². The first kappa shape index (κ1) is 16.6. The maximum Gasteiger partial charge on any atom is 0.422 e. The SMILES string of the molecule is O=C(N[C@H](Cc1ccc(O)cc1)C(=O)O)OCC(F)(F)F. The summed E-state index contributed by atoms with van der Waals surface area (Å²) in [5, 5.41) is 19.8. The minimum absolute atomic E-state index is 0.0248. The van der Waals surface area contributed by atoms with Gasteiger partial charge in [-0.1, -0.05) is 12.1 Å². The van der Waals surface area contributed by atoms with Gasteiger partial charge in [-0.05, 0) is 17.7 Å². The topological polar surface area (TPSA) is 95.9 Å². The van der Waals surface area contributed by atoms with Gasteiger partial charge in [0.2, 0.25) is 0 Å². The third-order valence-electron chi connectivity index (χ3n) is 2.33. The minimum atomic E-state index is -4.69. The minimum Gasteiger partial charge on any atom is -0.508 e. The maximum absolute atomic E-state index is 11.9. The number of alkyl carbamates (subject to hydrolysis) is 1. The molecule has 0 spiro atoms. The van der Waals surface area contributed by atoms with Gasteiger partial charge in [-0.3, -0.25) is 0 Å². The predicted octanol–water partition coefficient (Wildman–Crippen LogP) is 1.68. The van der Waals surface area contributed by atoms with E-state index in [9.17, 15) is 22.8 Å². The number of hydrogen-bond acceptors (Lipinski definition) is 4. The number of alkyl halides is 3. The summed E-state index contributed by atoms with van der Waals surface area (Å²) in [7, 11) is 0. The molecular weight excluding hydrogens is 295 g/mol. The molecule has 0 aromatic heterocycles. The highest BCUT2D eigenvalue weighted by Crippen LogP contribution is 2.15. The third-order valence-corrected chi connectivity index (χ3v) is 2.33. The molecule has 3 N–H and O–H groups in total. The smallest absolute Gasteiger partial charge is 0.422 e. The number of aromatic hydroxyl groups is 1. The fourth-order valence-corrected chi connectivity index (χ4v) is 1.40.